The number of nitrogens with zero attached hydrogens (tertiary/aromatic N) is 3. The molecule has 0 aliphatic heterocycles. The van der Waals surface area contributed by atoms with E-state index in [1.807, 2.05) is 6.07 Å². The Hall–Kier alpha value is -1.86. The zero-order valence-electron chi connectivity index (χ0n) is 9.70. The van der Waals surface area contributed by atoms with E-state index >= 15 is 0 Å². The number of nitrogen functional groups attached to an aromatic ring is 1. The third-order valence-electron chi connectivity index (χ3n) is 3.37. The van der Waals surface area contributed by atoms with E-state index in [4.69, 9.17) is 22.6 Å². The number of pyridine rings is 2. The minimum atomic E-state index is 0.188. The quantitative estimate of drug-likeness (QED) is 0.737. The average molecular weight is 259 g/mol. The van der Waals surface area contributed by atoms with Crippen LogP contribution in [0.2, 0.25) is 5.15 Å². The highest BCUT2D eigenvalue weighted by molar-refractivity contribution is 6.31. The van der Waals surface area contributed by atoms with Crippen molar-refractivity contribution in [2.45, 2.75) is 25.7 Å². The lowest BCUT2D eigenvalue weighted by Gasteiger charge is -2.18. The van der Waals surface area contributed by atoms with E-state index in [-0.39, 0.29) is 5.15 Å². The first kappa shape index (κ1) is 11.2. The van der Waals surface area contributed by atoms with E-state index in [9.17, 15) is 0 Å². The van der Waals surface area contributed by atoms with Crippen LogP contribution in [0.3, 0.4) is 0 Å². The van der Waals surface area contributed by atoms with E-state index in [2.05, 4.69) is 9.97 Å². The molecule has 3 rings (SSSR count). The number of hydrogen-bond donors (Lipinski definition) is 1. The highest BCUT2D eigenvalue weighted by Gasteiger charge is 2.18. The van der Waals surface area contributed by atoms with Crippen LogP contribution in [0.25, 0.3) is 11.0 Å². The van der Waals surface area contributed by atoms with Gasteiger partial charge in [0.1, 0.15) is 11.2 Å². The lowest BCUT2D eigenvalue weighted by Crippen LogP contribution is -2.10. The summed E-state index contributed by atoms with van der Waals surface area (Å²) in [6.07, 6.45) is 4.16. The van der Waals surface area contributed by atoms with Gasteiger partial charge in [0.25, 0.3) is 0 Å². The van der Waals surface area contributed by atoms with Gasteiger partial charge < -0.3 is 5.73 Å². The normalized spacial score (nSPS) is 14.2. The van der Waals surface area contributed by atoms with Gasteiger partial charge in [-0.15, -0.1) is 0 Å². The molecule has 0 aromatic carbocycles. The molecule has 0 bridgehead atoms. The third-order valence-corrected chi connectivity index (χ3v) is 3.66. The van der Waals surface area contributed by atoms with E-state index in [0.717, 1.165) is 42.3 Å². The number of fused-ring (bicyclic) bond motifs is 2. The molecule has 1 aliphatic rings. The number of halogens is 1. The molecule has 0 unspecified atom stereocenters. The molecule has 0 spiro atoms. The number of aryl methyl sites for hydroxylation is 1. The van der Waals surface area contributed by atoms with Gasteiger partial charge in [-0.05, 0) is 37.3 Å². The van der Waals surface area contributed by atoms with Crippen LogP contribution in [0.15, 0.2) is 6.07 Å². The van der Waals surface area contributed by atoms with Gasteiger partial charge >= 0.3 is 0 Å². The molecule has 4 nitrogen and oxygen atoms in total. The Morgan fingerprint density at radius 1 is 1.28 bits per heavy atom. The summed E-state index contributed by atoms with van der Waals surface area (Å²) in [4.78, 5) is 8.70. The van der Waals surface area contributed by atoms with Crippen LogP contribution >= 0.6 is 11.6 Å². The highest BCUT2D eigenvalue weighted by atomic mass is 35.5. The SMILES string of the molecule is N#Cc1cc2c(N)c3c(nc2nc1Cl)CCCC3. The predicted molar refractivity (Wildman–Crippen MR) is 70.3 cm³/mol. The van der Waals surface area contributed by atoms with Gasteiger partial charge in [-0.25, -0.2) is 9.97 Å². The van der Waals surface area contributed by atoms with Gasteiger partial charge in [-0.1, -0.05) is 11.6 Å². The van der Waals surface area contributed by atoms with Crippen molar-refractivity contribution in [3.8, 4) is 6.07 Å². The Labute approximate surface area is 109 Å². The maximum atomic E-state index is 8.97. The number of anilines is 1. The van der Waals surface area contributed by atoms with E-state index in [1.165, 1.54) is 0 Å². The van der Waals surface area contributed by atoms with Crippen molar-refractivity contribution in [3.05, 3.63) is 28.0 Å². The first-order valence-electron chi connectivity index (χ1n) is 5.88. The molecule has 2 aromatic rings. The Morgan fingerprint density at radius 2 is 2.06 bits per heavy atom. The van der Waals surface area contributed by atoms with Crippen LogP contribution in [0.5, 0.6) is 0 Å². The average Bonchev–Trinajstić information content (AvgIpc) is 2.38. The monoisotopic (exact) mass is 258 g/mol. The van der Waals surface area contributed by atoms with Crippen LogP contribution < -0.4 is 5.73 Å². The van der Waals surface area contributed by atoms with Crippen molar-refractivity contribution >= 4 is 28.3 Å². The second kappa shape index (κ2) is 4.11. The highest BCUT2D eigenvalue weighted by Crippen LogP contribution is 2.31. The van der Waals surface area contributed by atoms with Gasteiger partial charge in [0, 0.05) is 16.8 Å². The molecule has 0 saturated carbocycles. The summed E-state index contributed by atoms with van der Waals surface area (Å²) in [7, 11) is 0. The van der Waals surface area contributed by atoms with Crippen LogP contribution in [0.4, 0.5) is 5.69 Å². The summed E-state index contributed by atoms with van der Waals surface area (Å²) >= 11 is 5.92. The fourth-order valence-electron chi connectivity index (χ4n) is 2.44. The molecular formula is C13H11ClN4. The van der Waals surface area contributed by atoms with Crippen molar-refractivity contribution in [1.82, 2.24) is 9.97 Å². The molecule has 5 heteroatoms. The van der Waals surface area contributed by atoms with Crippen LogP contribution in [0.1, 0.15) is 29.7 Å². The molecule has 2 heterocycles. The fourth-order valence-corrected chi connectivity index (χ4v) is 2.61. The fraction of sp³-hybridized carbons (Fsp3) is 0.308. The van der Waals surface area contributed by atoms with Crippen molar-refractivity contribution < 1.29 is 0 Å². The summed E-state index contributed by atoms with van der Waals surface area (Å²) in [5, 5.41) is 9.89. The number of hydrogen-bond acceptors (Lipinski definition) is 4. The maximum absolute atomic E-state index is 8.97. The third kappa shape index (κ3) is 1.59. The number of nitriles is 1. The second-order valence-electron chi connectivity index (χ2n) is 4.47. The largest absolute Gasteiger partial charge is 0.398 e. The molecular weight excluding hydrogens is 248 g/mol. The molecule has 0 atom stereocenters. The molecule has 18 heavy (non-hydrogen) atoms. The van der Waals surface area contributed by atoms with E-state index < -0.39 is 0 Å². The number of aromatic nitrogens is 2. The summed E-state index contributed by atoms with van der Waals surface area (Å²) in [5.41, 5.74) is 9.91. The molecule has 0 radical (unpaired) electrons. The Bertz CT molecular complexity index is 688. The molecule has 2 N–H and O–H groups in total. The number of nitrogens with two attached hydrogens (primary N) is 1. The first-order valence-corrected chi connectivity index (χ1v) is 6.26. The van der Waals surface area contributed by atoms with Gasteiger partial charge in [0.05, 0.1) is 5.56 Å². The van der Waals surface area contributed by atoms with Crippen molar-refractivity contribution in [2.24, 2.45) is 0 Å². The molecule has 0 fully saturated rings. The Morgan fingerprint density at radius 3 is 2.83 bits per heavy atom. The zero-order valence-corrected chi connectivity index (χ0v) is 10.5. The molecule has 0 amide bonds. The zero-order chi connectivity index (χ0) is 12.7. The Balaban J connectivity index is 2.36. The maximum Gasteiger partial charge on any atom is 0.163 e. The van der Waals surface area contributed by atoms with Gasteiger partial charge in [-0.3, -0.25) is 0 Å². The Kier molecular flexibility index (Phi) is 2.57. The summed E-state index contributed by atoms with van der Waals surface area (Å²) in [5.74, 6) is 0. The lowest BCUT2D eigenvalue weighted by atomic mass is 9.93. The van der Waals surface area contributed by atoms with Crippen molar-refractivity contribution in [1.29, 1.82) is 5.26 Å². The standard InChI is InChI=1S/C13H11ClN4/c14-12-7(6-15)5-9-11(16)8-3-1-2-4-10(8)17-13(9)18-12/h5H,1-4H2,(H2,16,17,18). The predicted octanol–water partition coefficient (Wildman–Crippen LogP) is 2.62. The molecule has 2 aromatic heterocycles. The van der Waals surface area contributed by atoms with Crippen molar-refractivity contribution in [2.75, 3.05) is 5.73 Å². The van der Waals surface area contributed by atoms with E-state index in [0.29, 0.717) is 16.9 Å². The second-order valence-corrected chi connectivity index (χ2v) is 4.83. The summed E-state index contributed by atoms with van der Waals surface area (Å²) in [6.45, 7) is 0. The molecule has 0 saturated heterocycles. The summed E-state index contributed by atoms with van der Waals surface area (Å²) in [6, 6.07) is 3.70. The van der Waals surface area contributed by atoms with Gasteiger partial charge in [-0.2, -0.15) is 5.26 Å². The van der Waals surface area contributed by atoms with Crippen LogP contribution in [0, 0.1) is 11.3 Å². The molecule has 1 aliphatic carbocycles. The van der Waals surface area contributed by atoms with Crippen LogP contribution in [-0.2, 0) is 12.8 Å². The minimum absolute atomic E-state index is 0.188. The smallest absolute Gasteiger partial charge is 0.163 e. The van der Waals surface area contributed by atoms with E-state index in [1.54, 1.807) is 6.07 Å². The molecule has 90 valence electrons. The van der Waals surface area contributed by atoms with Gasteiger partial charge in [0.15, 0.2) is 5.65 Å². The number of rotatable bonds is 0. The van der Waals surface area contributed by atoms with Gasteiger partial charge in [0.2, 0.25) is 0 Å². The van der Waals surface area contributed by atoms with Crippen LogP contribution in [-0.4, -0.2) is 9.97 Å². The first-order chi connectivity index (χ1) is 8.70. The topological polar surface area (TPSA) is 75.6 Å². The lowest BCUT2D eigenvalue weighted by molar-refractivity contribution is 0.672. The van der Waals surface area contributed by atoms with Crippen molar-refractivity contribution in [3.63, 3.8) is 0 Å². The summed E-state index contributed by atoms with van der Waals surface area (Å²) < 4.78 is 0. The minimum Gasteiger partial charge on any atom is -0.398 e.